The third kappa shape index (κ3) is 3.51. The fraction of sp³-hybridized carbons (Fsp3) is 0.222. The summed E-state index contributed by atoms with van der Waals surface area (Å²) in [4.78, 5) is 25.2. The van der Waals surface area contributed by atoms with Gasteiger partial charge in [0, 0.05) is 24.8 Å². The zero-order chi connectivity index (χ0) is 16.8. The number of nitrogens with zero attached hydrogens (tertiary/aromatic N) is 1. The highest BCUT2D eigenvalue weighted by Crippen LogP contribution is 2.29. The lowest BCUT2D eigenvalue weighted by molar-refractivity contribution is -0.120. The Kier molecular flexibility index (Phi) is 5.36. The number of anilines is 1. The molecule has 0 unspecified atom stereocenters. The number of carbonyl (C=O) groups excluding carboxylic acids is 2. The van der Waals surface area contributed by atoms with Gasteiger partial charge in [-0.3, -0.25) is 9.59 Å². The second kappa shape index (κ2) is 7.45. The summed E-state index contributed by atoms with van der Waals surface area (Å²) < 4.78 is 4.82. The summed E-state index contributed by atoms with van der Waals surface area (Å²) in [5.41, 5.74) is 1.25. The second-order valence-corrected chi connectivity index (χ2v) is 4.91. The van der Waals surface area contributed by atoms with E-state index in [0.29, 0.717) is 0 Å². The first-order chi connectivity index (χ1) is 11.1. The van der Waals surface area contributed by atoms with Crippen molar-refractivity contribution in [2.24, 2.45) is 0 Å². The molecule has 2 aromatic carbocycles. The zero-order valence-corrected chi connectivity index (χ0v) is 13.2. The van der Waals surface area contributed by atoms with Crippen molar-refractivity contribution in [1.29, 1.82) is 0 Å². The van der Waals surface area contributed by atoms with Crippen LogP contribution in [0.4, 0.5) is 5.69 Å². The number of rotatable bonds is 7. The average molecular weight is 313 g/mol. The molecule has 1 N–H and O–H groups in total. The summed E-state index contributed by atoms with van der Waals surface area (Å²) in [5.74, 6) is -0.328. The number of aromatic hydroxyl groups is 1. The molecule has 2 aromatic rings. The van der Waals surface area contributed by atoms with E-state index in [1.54, 1.807) is 36.4 Å². The molecule has 0 aliphatic heterocycles. The average Bonchev–Trinajstić information content (AvgIpc) is 2.56. The van der Waals surface area contributed by atoms with Crippen LogP contribution in [0.15, 0.2) is 42.5 Å². The minimum atomic E-state index is -0.397. The molecule has 0 spiro atoms. The lowest BCUT2D eigenvalue weighted by Crippen LogP contribution is -2.21. The minimum Gasteiger partial charge on any atom is -0.507 e. The van der Waals surface area contributed by atoms with Crippen molar-refractivity contribution in [1.82, 2.24) is 0 Å². The zero-order valence-electron chi connectivity index (χ0n) is 13.2. The molecular formula is C18H19NO4. The molecule has 23 heavy (non-hydrogen) atoms. The number of ether oxygens (including phenoxy) is 1. The smallest absolute Gasteiger partial charge is 0.298 e. The Morgan fingerprint density at radius 3 is 2.43 bits per heavy atom. The van der Waals surface area contributed by atoms with E-state index >= 15 is 0 Å². The molecule has 0 aliphatic rings. The van der Waals surface area contributed by atoms with Crippen molar-refractivity contribution < 1.29 is 19.4 Å². The Balaban J connectivity index is 2.39. The Morgan fingerprint density at radius 1 is 1.13 bits per heavy atom. The third-order valence-corrected chi connectivity index (χ3v) is 3.66. The third-order valence-electron chi connectivity index (χ3n) is 3.66. The summed E-state index contributed by atoms with van der Waals surface area (Å²) in [6.45, 7) is 5.92. The number of phenols is 1. The quantitative estimate of drug-likeness (QED) is 0.629. The highest BCUT2D eigenvalue weighted by atomic mass is 16.5. The molecule has 0 radical (unpaired) electrons. The maximum Gasteiger partial charge on any atom is 0.298 e. The predicted molar refractivity (Wildman–Crippen MR) is 88.2 cm³/mol. The largest absolute Gasteiger partial charge is 0.507 e. The number of benzene rings is 2. The van der Waals surface area contributed by atoms with Gasteiger partial charge in [0.05, 0.1) is 11.1 Å². The van der Waals surface area contributed by atoms with Gasteiger partial charge in [0.1, 0.15) is 11.5 Å². The molecule has 0 saturated heterocycles. The van der Waals surface area contributed by atoms with Crippen LogP contribution < -0.4 is 9.64 Å². The van der Waals surface area contributed by atoms with E-state index in [0.717, 1.165) is 18.8 Å². The molecule has 5 nitrogen and oxygen atoms in total. The van der Waals surface area contributed by atoms with Crippen molar-refractivity contribution in [3.8, 4) is 11.5 Å². The van der Waals surface area contributed by atoms with Gasteiger partial charge >= 0.3 is 0 Å². The highest BCUT2D eigenvalue weighted by molar-refractivity contribution is 6.12. The maximum atomic E-state index is 12.6. The van der Waals surface area contributed by atoms with Crippen molar-refractivity contribution in [2.45, 2.75) is 13.8 Å². The molecule has 0 saturated carbocycles. The first-order valence-electron chi connectivity index (χ1n) is 7.44. The van der Waals surface area contributed by atoms with E-state index in [4.69, 9.17) is 4.74 Å². The maximum absolute atomic E-state index is 12.6. The summed E-state index contributed by atoms with van der Waals surface area (Å²) in [7, 11) is 0. The molecule has 0 amide bonds. The fourth-order valence-electron chi connectivity index (χ4n) is 2.45. The van der Waals surface area contributed by atoms with Gasteiger partial charge in [-0.15, -0.1) is 0 Å². The first-order valence-corrected chi connectivity index (χ1v) is 7.44. The van der Waals surface area contributed by atoms with E-state index in [1.807, 2.05) is 13.8 Å². The van der Waals surface area contributed by atoms with Crippen molar-refractivity contribution in [3.63, 3.8) is 0 Å². The lowest BCUT2D eigenvalue weighted by atomic mass is 10.0. The molecule has 0 heterocycles. The SMILES string of the molecule is CCN(CC)c1ccc(C(=O)c2ccccc2OC=O)c(O)c1. The molecule has 0 aromatic heterocycles. The lowest BCUT2D eigenvalue weighted by Gasteiger charge is -2.21. The summed E-state index contributed by atoms with van der Waals surface area (Å²) in [6, 6.07) is 11.4. The number of phenolic OH excluding ortho intramolecular Hbond substituents is 1. The molecule has 0 atom stereocenters. The van der Waals surface area contributed by atoms with Crippen LogP contribution in [0.25, 0.3) is 0 Å². The molecule has 0 aliphatic carbocycles. The summed E-state index contributed by atoms with van der Waals surface area (Å²) >= 11 is 0. The minimum absolute atomic E-state index is 0.0969. The van der Waals surface area contributed by atoms with Crippen molar-refractivity contribution >= 4 is 17.9 Å². The number of hydrogen-bond donors (Lipinski definition) is 1. The van der Waals surface area contributed by atoms with Gasteiger partial charge in [-0.05, 0) is 38.1 Å². The van der Waals surface area contributed by atoms with Crippen LogP contribution in [0.3, 0.4) is 0 Å². The molecule has 2 rings (SSSR count). The van der Waals surface area contributed by atoms with E-state index < -0.39 is 5.78 Å². The van der Waals surface area contributed by atoms with E-state index in [2.05, 4.69) is 4.90 Å². The van der Waals surface area contributed by atoms with Gasteiger partial charge in [0.15, 0.2) is 5.78 Å². The Labute approximate surface area is 135 Å². The Bertz CT molecular complexity index is 708. The van der Waals surface area contributed by atoms with Crippen LogP contribution in [-0.2, 0) is 4.79 Å². The number of ketones is 1. The van der Waals surface area contributed by atoms with Crippen LogP contribution in [0.2, 0.25) is 0 Å². The van der Waals surface area contributed by atoms with Crippen LogP contribution >= 0.6 is 0 Å². The van der Waals surface area contributed by atoms with Crippen LogP contribution in [0.1, 0.15) is 29.8 Å². The Hall–Kier alpha value is -2.82. The van der Waals surface area contributed by atoms with Crippen molar-refractivity contribution in [3.05, 3.63) is 53.6 Å². The molecule has 0 bridgehead atoms. The topological polar surface area (TPSA) is 66.8 Å². The van der Waals surface area contributed by atoms with Crippen LogP contribution in [-0.4, -0.2) is 30.5 Å². The van der Waals surface area contributed by atoms with Gasteiger partial charge in [0.25, 0.3) is 6.47 Å². The first kappa shape index (κ1) is 16.5. The summed E-state index contributed by atoms with van der Waals surface area (Å²) in [6.07, 6.45) is 0. The van der Waals surface area contributed by atoms with Crippen molar-refractivity contribution in [2.75, 3.05) is 18.0 Å². The number of hydrogen-bond acceptors (Lipinski definition) is 5. The Morgan fingerprint density at radius 2 is 1.83 bits per heavy atom. The molecule has 5 heteroatoms. The van der Waals surface area contributed by atoms with Crippen LogP contribution in [0.5, 0.6) is 11.5 Å². The van der Waals surface area contributed by atoms with E-state index in [9.17, 15) is 14.7 Å². The van der Waals surface area contributed by atoms with Gasteiger partial charge < -0.3 is 14.7 Å². The summed E-state index contributed by atoms with van der Waals surface area (Å²) in [5, 5.41) is 10.2. The highest BCUT2D eigenvalue weighted by Gasteiger charge is 2.18. The van der Waals surface area contributed by atoms with E-state index in [1.165, 1.54) is 6.07 Å². The van der Waals surface area contributed by atoms with Crippen LogP contribution in [0, 0.1) is 0 Å². The van der Waals surface area contributed by atoms with E-state index in [-0.39, 0.29) is 29.1 Å². The van der Waals surface area contributed by atoms with Gasteiger partial charge in [-0.25, -0.2) is 0 Å². The molecular weight excluding hydrogens is 294 g/mol. The van der Waals surface area contributed by atoms with Gasteiger partial charge in [-0.1, -0.05) is 12.1 Å². The monoisotopic (exact) mass is 313 g/mol. The molecule has 0 fully saturated rings. The predicted octanol–water partition coefficient (Wildman–Crippen LogP) is 3.00. The fourth-order valence-corrected chi connectivity index (χ4v) is 2.45. The second-order valence-electron chi connectivity index (χ2n) is 4.91. The number of para-hydroxylation sites is 1. The standard InChI is InChI=1S/C18H19NO4/c1-3-19(4-2)13-9-10-14(16(21)11-13)18(22)15-7-5-6-8-17(15)23-12-20/h5-12,21H,3-4H2,1-2H3. The van der Waals surface area contributed by atoms with Gasteiger partial charge in [-0.2, -0.15) is 0 Å². The normalized spacial score (nSPS) is 10.2. The molecule has 120 valence electrons. The van der Waals surface area contributed by atoms with Gasteiger partial charge in [0.2, 0.25) is 0 Å². The number of carbonyl (C=O) groups is 2.